The molecule has 1 atom stereocenters. The number of thioether (sulfide) groups is 1. The van der Waals surface area contributed by atoms with Crippen LogP contribution in [0.2, 0.25) is 0 Å². The van der Waals surface area contributed by atoms with Gasteiger partial charge >= 0.3 is 0 Å². The summed E-state index contributed by atoms with van der Waals surface area (Å²) in [5.74, 6) is 0.727. The van der Waals surface area contributed by atoms with Gasteiger partial charge in [0.2, 0.25) is 0 Å². The molecule has 1 N–H and O–H groups in total. The number of halogens is 1. The zero-order valence-electron chi connectivity index (χ0n) is 10.5. The van der Waals surface area contributed by atoms with Crippen molar-refractivity contribution in [2.75, 3.05) is 12.3 Å². The van der Waals surface area contributed by atoms with E-state index in [2.05, 4.69) is 18.8 Å². The van der Waals surface area contributed by atoms with Crippen molar-refractivity contribution in [3.63, 3.8) is 0 Å². The van der Waals surface area contributed by atoms with E-state index in [0.717, 1.165) is 29.2 Å². The maximum absolute atomic E-state index is 13.4. The second kappa shape index (κ2) is 7.51. The summed E-state index contributed by atoms with van der Waals surface area (Å²) in [4.78, 5) is 0.720. The summed E-state index contributed by atoms with van der Waals surface area (Å²) in [6.45, 7) is 8.96. The minimum Gasteiger partial charge on any atom is -0.313 e. The second-order valence-corrected chi connectivity index (χ2v) is 5.22. The monoisotopic (exact) mass is 253 g/mol. The second-order valence-electron chi connectivity index (χ2n) is 4.16. The van der Waals surface area contributed by atoms with Gasteiger partial charge in [0.05, 0.1) is 0 Å². The van der Waals surface area contributed by atoms with E-state index in [1.54, 1.807) is 17.8 Å². The fraction of sp³-hybridized carbons (Fsp3) is 0.429. The van der Waals surface area contributed by atoms with Gasteiger partial charge in [0.15, 0.2) is 0 Å². The summed E-state index contributed by atoms with van der Waals surface area (Å²) < 4.78 is 13.4. The molecule has 17 heavy (non-hydrogen) atoms. The molecule has 0 bridgehead atoms. The predicted octanol–water partition coefficient (Wildman–Crippen LogP) is 3.86. The normalized spacial score (nSPS) is 12.4. The van der Waals surface area contributed by atoms with Crippen molar-refractivity contribution in [3.8, 4) is 0 Å². The Morgan fingerprint density at radius 3 is 2.76 bits per heavy atom. The van der Waals surface area contributed by atoms with Crippen LogP contribution in [0.3, 0.4) is 0 Å². The molecule has 0 fully saturated rings. The van der Waals surface area contributed by atoms with Crippen molar-refractivity contribution in [2.45, 2.75) is 31.2 Å². The van der Waals surface area contributed by atoms with E-state index in [-0.39, 0.29) is 5.82 Å². The largest absolute Gasteiger partial charge is 0.313 e. The molecule has 1 rings (SSSR count). The molecule has 0 aromatic heterocycles. The summed E-state index contributed by atoms with van der Waals surface area (Å²) in [5.41, 5.74) is 1.16. The van der Waals surface area contributed by atoms with Gasteiger partial charge in [-0.25, -0.2) is 4.39 Å². The third-order valence-electron chi connectivity index (χ3n) is 2.36. The first-order valence-electron chi connectivity index (χ1n) is 5.88. The standard InChI is InChI=1S/C14H20FNS/c1-4-16-12(9-11(2)3)10-17-14-8-6-5-7-13(14)15/h5-8,12,16H,2,4,9-10H2,1,3H3. The lowest BCUT2D eigenvalue weighted by molar-refractivity contribution is 0.569. The Morgan fingerprint density at radius 2 is 2.18 bits per heavy atom. The van der Waals surface area contributed by atoms with E-state index in [1.807, 2.05) is 19.1 Å². The summed E-state index contributed by atoms with van der Waals surface area (Å²) in [7, 11) is 0. The van der Waals surface area contributed by atoms with E-state index >= 15 is 0 Å². The van der Waals surface area contributed by atoms with Crippen molar-refractivity contribution in [2.24, 2.45) is 0 Å². The number of benzene rings is 1. The average molecular weight is 253 g/mol. The molecule has 0 radical (unpaired) electrons. The van der Waals surface area contributed by atoms with Crippen LogP contribution in [0.5, 0.6) is 0 Å². The molecule has 0 saturated heterocycles. The molecule has 94 valence electrons. The Hall–Kier alpha value is -0.800. The SMILES string of the molecule is C=C(C)CC(CSc1ccccc1F)NCC. The highest BCUT2D eigenvalue weighted by molar-refractivity contribution is 7.99. The molecule has 1 unspecified atom stereocenters. The van der Waals surface area contributed by atoms with E-state index in [1.165, 1.54) is 6.07 Å². The first kappa shape index (κ1) is 14.3. The molecule has 0 heterocycles. The first-order valence-corrected chi connectivity index (χ1v) is 6.87. The van der Waals surface area contributed by atoms with Gasteiger partial charge in [-0.2, -0.15) is 0 Å². The molecule has 0 aliphatic carbocycles. The number of rotatable bonds is 7. The van der Waals surface area contributed by atoms with Gasteiger partial charge in [0.1, 0.15) is 5.82 Å². The molecule has 3 heteroatoms. The van der Waals surface area contributed by atoms with E-state index in [4.69, 9.17) is 0 Å². The van der Waals surface area contributed by atoms with Crippen molar-refractivity contribution >= 4 is 11.8 Å². The molecule has 0 aliphatic rings. The molecule has 0 spiro atoms. The zero-order chi connectivity index (χ0) is 12.7. The molecule has 1 aromatic carbocycles. The third kappa shape index (κ3) is 5.37. The number of hydrogen-bond donors (Lipinski definition) is 1. The minimum atomic E-state index is -0.136. The van der Waals surface area contributed by atoms with Crippen LogP contribution in [0.4, 0.5) is 4.39 Å². The molecule has 1 nitrogen and oxygen atoms in total. The topological polar surface area (TPSA) is 12.0 Å². The van der Waals surface area contributed by atoms with Gasteiger partial charge in [0.25, 0.3) is 0 Å². The smallest absolute Gasteiger partial charge is 0.136 e. The highest BCUT2D eigenvalue weighted by Gasteiger charge is 2.09. The van der Waals surface area contributed by atoms with Crippen LogP contribution in [-0.2, 0) is 0 Å². The van der Waals surface area contributed by atoms with Crippen LogP contribution in [0, 0.1) is 5.82 Å². The van der Waals surface area contributed by atoms with Crippen LogP contribution >= 0.6 is 11.8 Å². The lowest BCUT2D eigenvalue weighted by Gasteiger charge is -2.17. The lowest BCUT2D eigenvalue weighted by Crippen LogP contribution is -2.31. The summed E-state index contributed by atoms with van der Waals surface area (Å²) in [6.07, 6.45) is 0.940. The Bertz CT molecular complexity index is 365. The molecule has 0 aliphatic heterocycles. The Kier molecular flexibility index (Phi) is 6.30. The molecular weight excluding hydrogens is 233 g/mol. The van der Waals surface area contributed by atoms with E-state index < -0.39 is 0 Å². The van der Waals surface area contributed by atoms with Crippen LogP contribution in [0.15, 0.2) is 41.3 Å². The fourth-order valence-electron chi connectivity index (χ4n) is 1.65. The summed E-state index contributed by atoms with van der Waals surface area (Å²) in [5, 5.41) is 3.40. The minimum absolute atomic E-state index is 0.136. The Labute approximate surface area is 107 Å². The number of hydrogen-bond acceptors (Lipinski definition) is 2. The zero-order valence-corrected chi connectivity index (χ0v) is 11.3. The highest BCUT2D eigenvalue weighted by Crippen LogP contribution is 2.23. The van der Waals surface area contributed by atoms with Crippen LogP contribution < -0.4 is 5.32 Å². The molecule has 1 aromatic rings. The molecule has 0 saturated carbocycles. The first-order chi connectivity index (χ1) is 8.13. The summed E-state index contributed by atoms with van der Waals surface area (Å²) in [6, 6.07) is 7.27. The maximum Gasteiger partial charge on any atom is 0.136 e. The van der Waals surface area contributed by atoms with Gasteiger partial charge in [-0.05, 0) is 32.0 Å². The summed E-state index contributed by atoms with van der Waals surface area (Å²) >= 11 is 1.56. The average Bonchev–Trinajstić information content (AvgIpc) is 2.27. The molecule has 0 amide bonds. The van der Waals surface area contributed by atoms with E-state index in [0.29, 0.717) is 6.04 Å². The third-order valence-corrected chi connectivity index (χ3v) is 3.58. The predicted molar refractivity (Wildman–Crippen MR) is 74.0 cm³/mol. The van der Waals surface area contributed by atoms with Gasteiger partial charge < -0.3 is 5.32 Å². The quantitative estimate of drug-likeness (QED) is 0.585. The Morgan fingerprint density at radius 1 is 1.47 bits per heavy atom. The van der Waals surface area contributed by atoms with Crippen molar-refractivity contribution < 1.29 is 4.39 Å². The van der Waals surface area contributed by atoms with Crippen molar-refractivity contribution in [1.29, 1.82) is 0 Å². The highest BCUT2D eigenvalue weighted by atomic mass is 32.2. The lowest BCUT2D eigenvalue weighted by atomic mass is 10.1. The van der Waals surface area contributed by atoms with Gasteiger partial charge in [0, 0.05) is 16.7 Å². The van der Waals surface area contributed by atoms with Crippen molar-refractivity contribution in [3.05, 3.63) is 42.2 Å². The van der Waals surface area contributed by atoms with E-state index in [9.17, 15) is 4.39 Å². The van der Waals surface area contributed by atoms with Gasteiger partial charge in [-0.3, -0.25) is 0 Å². The van der Waals surface area contributed by atoms with Gasteiger partial charge in [-0.1, -0.05) is 24.6 Å². The van der Waals surface area contributed by atoms with Crippen LogP contribution in [0.25, 0.3) is 0 Å². The Balaban J connectivity index is 2.51. The van der Waals surface area contributed by atoms with Crippen LogP contribution in [-0.4, -0.2) is 18.3 Å². The molecular formula is C14H20FNS. The maximum atomic E-state index is 13.4. The number of nitrogens with one attached hydrogen (secondary N) is 1. The van der Waals surface area contributed by atoms with Gasteiger partial charge in [-0.15, -0.1) is 18.3 Å². The van der Waals surface area contributed by atoms with Crippen molar-refractivity contribution in [1.82, 2.24) is 5.32 Å². The van der Waals surface area contributed by atoms with Crippen LogP contribution in [0.1, 0.15) is 20.3 Å². The fourth-order valence-corrected chi connectivity index (χ4v) is 2.65.